The molecule has 6 rings (SSSR count). The normalized spacial score (nSPS) is 13.5. The molecule has 0 unspecified atom stereocenters. The van der Waals surface area contributed by atoms with Crippen LogP contribution in [0.1, 0.15) is 82.8 Å². The molecule has 56 heavy (non-hydrogen) atoms. The number of fused-ring (bicyclic) bond motifs is 1. The highest BCUT2D eigenvalue weighted by atomic mass is 16.5. The summed E-state index contributed by atoms with van der Waals surface area (Å²) in [6.45, 7) is 7.62. The lowest BCUT2D eigenvalue weighted by Gasteiger charge is -2.36. The number of ether oxygens (including phenoxy) is 2. The first kappa shape index (κ1) is 39.7. The van der Waals surface area contributed by atoms with E-state index in [9.17, 15) is 19.5 Å². The molecule has 0 radical (unpaired) electrons. The Labute approximate surface area is 328 Å². The Hall–Kier alpha value is -5.94. The Balaban J connectivity index is 1.23. The van der Waals surface area contributed by atoms with E-state index in [1.165, 1.54) is 0 Å². The number of benzene rings is 4. The number of amides is 3. The molecule has 2 heterocycles. The molecule has 1 aromatic heterocycles. The predicted octanol–water partition coefficient (Wildman–Crippen LogP) is 7.38. The van der Waals surface area contributed by atoms with Crippen molar-refractivity contribution in [3.63, 3.8) is 0 Å². The molecule has 2 N–H and O–H groups in total. The minimum atomic E-state index is -0.450. The fraction of sp³-hybridized carbons (Fsp3) is 0.333. The Morgan fingerprint density at radius 3 is 2.18 bits per heavy atom. The summed E-state index contributed by atoms with van der Waals surface area (Å²) in [7, 11) is 0. The smallest absolute Gasteiger partial charge is 0.274 e. The summed E-state index contributed by atoms with van der Waals surface area (Å²) in [5.74, 6) is 0.292. The van der Waals surface area contributed by atoms with Gasteiger partial charge in [-0.05, 0) is 91.4 Å². The molecule has 0 saturated heterocycles. The Morgan fingerprint density at radius 2 is 1.50 bits per heavy atom. The van der Waals surface area contributed by atoms with Gasteiger partial charge in [0, 0.05) is 31.0 Å². The maximum Gasteiger partial charge on any atom is 0.274 e. The molecule has 0 spiro atoms. The third kappa shape index (κ3) is 9.83. The molecular formula is C45H51N5O6. The molecule has 11 nitrogen and oxygen atoms in total. The second kappa shape index (κ2) is 19.1. The van der Waals surface area contributed by atoms with E-state index in [0.717, 1.165) is 42.4 Å². The van der Waals surface area contributed by atoms with E-state index in [2.05, 4.69) is 19.2 Å². The number of unbranched alkanes of at least 4 members (excludes halogenated alkanes) is 2. The molecule has 292 valence electrons. The molecule has 1 atom stereocenters. The van der Waals surface area contributed by atoms with Gasteiger partial charge >= 0.3 is 0 Å². The van der Waals surface area contributed by atoms with Crippen molar-refractivity contribution in [2.24, 2.45) is 0 Å². The van der Waals surface area contributed by atoms with E-state index in [-0.39, 0.29) is 30.6 Å². The summed E-state index contributed by atoms with van der Waals surface area (Å²) in [5.41, 5.74) is 5.26. The fourth-order valence-corrected chi connectivity index (χ4v) is 6.83. The maximum atomic E-state index is 14.6. The van der Waals surface area contributed by atoms with Crippen molar-refractivity contribution >= 4 is 23.4 Å². The molecule has 11 heteroatoms. The number of hydrogen-bond donors (Lipinski definition) is 2. The van der Waals surface area contributed by atoms with Gasteiger partial charge in [-0.3, -0.25) is 14.4 Å². The molecule has 0 bridgehead atoms. The van der Waals surface area contributed by atoms with Gasteiger partial charge in [0.1, 0.15) is 18.1 Å². The van der Waals surface area contributed by atoms with Crippen molar-refractivity contribution < 1.29 is 29.0 Å². The standard InChI is InChI=1S/C45H51N5O6/c1-4-6-23-48(24-7-5-2)45(54)41-25-32(3)50(47-41)42-22-17-36(27-40(42)44(53)49-28-35-16-12-11-15-34(35)26-37(49)29-51)46-43(52)31-56-39-20-18-38(19-21-39)55-30-33-13-9-8-10-14-33/h8-22,25,27,37,51H,4-7,23-24,26,28-31H2,1-3H3,(H,46,52)/t37-/m0/s1. The fourth-order valence-electron chi connectivity index (χ4n) is 6.83. The quantitative estimate of drug-likeness (QED) is 0.101. The number of aromatic nitrogens is 2. The summed E-state index contributed by atoms with van der Waals surface area (Å²) in [5, 5.41) is 18.1. The van der Waals surface area contributed by atoms with Crippen molar-refractivity contribution in [1.82, 2.24) is 19.6 Å². The molecule has 0 fully saturated rings. The third-order valence-electron chi connectivity index (χ3n) is 9.96. The second-order valence-electron chi connectivity index (χ2n) is 14.1. The zero-order valence-corrected chi connectivity index (χ0v) is 32.4. The van der Waals surface area contributed by atoms with Gasteiger partial charge in [-0.15, -0.1) is 0 Å². The summed E-state index contributed by atoms with van der Waals surface area (Å²) in [4.78, 5) is 45.1. The minimum Gasteiger partial charge on any atom is -0.489 e. The molecule has 0 saturated carbocycles. The van der Waals surface area contributed by atoms with Crippen LogP contribution < -0.4 is 14.8 Å². The van der Waals surface area contributed by atoms with Gasteiger partial charge in [0.25, 0.3) is 17.7 Å². The van der Waals surface area contributed by atoms with Gasteiger partial charge in [-0.2, -0.15) is 5.10 Å². The summed E-state index contributed by atoms with van der Waals surface area (Å²) in [6, 6.07) is 31.2. The van der Waals surface area contributed by atoms with E-state index in [1.54, 1.807) is 58.1 Å². The summed E-state index contributed by atoms with van der Waals surface area (Å²) < 4.78 is 13.2. The zero-order chi connectivity index (χ0) is 39.4. The molecule has 5 aromatic rings. The lowest BCUT2D eigenvalue weighted by Crippen LogP contribution is -2.46. The Kier molecular flexibility index (Phi) is 13.5. The van der Waals surface area contributed by atoms with Crippen molar-refractivity contribution in [3.05, 3.63) is 137 Å². The zero-order valence-electron chi connectivity index (χ0n) is 32.4. The SMILES string of the molecule is CCCCN(CCCC)C(=O)c1cc(C)n(-c2ccc(NC(=O)COc3ccc(OCc4ccccc4)cc3)cc2C(=O)N2Cc3ccccc3C[C@H]2CO)n1. The van der Waals surface area contributed by atoms with Crippen LogP contribution in [0.5, 0.6) is 11.5 Å². The van der Waals surface area contributed by atoms with Crippen LogP contribution in [0.3, 0.4) is 0 Å². The van der Waals surface area contributed by atoms with Gasteiger partial charge in [0.15, 0.2) is 12.3 Å². The van der Waals surface area contributed by atoms with Crippen LogP contribution in [0.25, 0.3) is 5.69 Å². The second-order valence-corrected chi connectivity index (χ2v) is 14.1. The van der Waals surface area contributed by atoms with Crippen LogP contribution in [0.2, 0.25) is 0 Å². The average molecular weight is 758 g/mol. The lowest BCUT2D eigenvalue weighted by molar-refractivity contribution is -0.118. The first-order valence-corrected chi connectivity index (χ1v) is 19.5. The first-order valence-electron chi connectivity index (χ1n) is 19.5. The maximum absolute atomic E-state index is 14.6. The van der Waals surface area contributed by atoms with E-state index in [1.807, 2.05) is 66.4 Å². The van der Waals surface area contributed by atoms with Crippen LogP contribution in [0, 0.1) is 6.92 Å². The molecule has 4 aromatic carbocycles. The van der Waals surface area contributed by atoms with Crippen LogP contribution in [-0.2, 0) is 24.4 Å². The van der Waals surface area contributed by atoms with Crippen LogP contribution in [0.4, 0.5) is 5.69 Å². The van der Waals surface area contributed by atoms with E-state index in [0.29, 0.717) is 66.9 Å². The van der Waals surface area contributed by atoms with Crippen LogP contribution in [-0.4, -0.2) is 74.8 Å². The van der Waals surface area contributed by atoms with E-state index < -0.39 is 11.9 Å². The molecule has 1 aliphatic rings. The number of aliphatic hydroxyl groups excluding tert-OH is 1. The Morgan fingerprint density at radius 1 is 0.839 bits per heavy atom. The monoisotopic (exact) mass is 757 g/mol. The number of rotatable bonds is 17. The number of aryl methyl sites for hydroxylation is 1. The molecule has 0 aliphatic carbocycles. The van der Waals surface area contributed by atoms with Gasteiger partial charge in [0.05, 0.1) is 23.9 Å². The number of anilines is 1. The van der Waals surface area contributed by atoms with Gasteiger partial charge in [-0.1, -0.05) is 81.3 Å². The van der Waals surface area contributed by atoms with Crippen LogP contribution >= 0.6 is 0 Å². The van der Waals surface area contributed by atoms with Crippen molar-refractivity contribution in [1.29, 1.82) is 0 Å². The number of nitrogens with one attached hydrogen (secondary N) is 1. The van der Waals surface area contributed by atoms with E-state index in [4.69, 9.17) is 14.6 Å². The number of carbonyl (C=O) groups is 3. The average Bonchev–Trinajstić information content (AvgIpc) is 3.62. The Bertz CT molecular complexity index is 2090. The largest absolute Gasteiger partial charge is 0.489 e. The number of carbonyl (C=O) groups excluding carboxylic acids is 3. The molecule has 3 amide bonds. The molecule has 1 aliphatic heterocycles. The van der Waals surface area contributed by atoms with Crippen LogP contribution in [0.15, 0.2) is 103 Å². The highest BCUT2D eigenvalue weighted by molar-refractivity contribution is 6.01. The lowest BCUT2D eigenvalue weighted by atomic mass is 9.93. The van der Waals surface area contributed by atoms with Crippen molar-refractivity contribution in [2.75, 3.05) is 31.6 Å². The minimum absolute atomic E-state index is 0.146. The summed E-state index contributed by atoms with van der Waals surface area (Å²) in [6.07, 6.45) is 4.24. The predicted molar refractivity (Wildman–Crippen MR) is 216 cm³/mol. The number of nitrogens with zero attached hydrogens (tertiary/aromatic N) is 4. The summed E-state index contributed by atoms with van der Waals surface area (Å²) >= 11 is 0. The third-order valence-corrected chi connectivity index (χ3v) is 9.96. The van der Waals surface area contributed by atoms with Gasteiger partial charge < -0.3 is 29.7 Å². The molecular weight excluding hydrogens is 707 g/mol. The highest BCUT2D eigenvalue weighted by Gasteiger charge is 2.32. The number of aliphatic hydroxyl groups is 1. The van der Waals surface area contributed by atoms with Gasteiger partial charge in [0.2, 0.25) is 0 Å². The highest BCUT2D eigenvalue weighted by Crippen LogP contribution is 2.29. The number of hydrogen-bond acceptors (Lipinski definition) is 7. The van der Waals surface area contributed by atoms with Crippen molar-refractivity contribution in [2.45, 2.75) is 72.1 Å². The van der Waals surface area contributed by atoms with Gasteiger partial charge in [-0.25, -0.2) is 4.68 Å². The first-order chi connectivity index (χ1) is 27.3. The van der Waals surface area contributed by atoms with E-state index >= 15 is 0 Å². The van der Waals surface area contributed by atoms with Crippen molar-refractivity contribution in [3.8, 4) is 17.2 Å². The topological polar surface area (TPSA) is 126 Å².